The number of nitrogens with zero attached hydrogens (tertiary/aromatic N) is 3. The van der Waals surface area contributed by atoms with E-state index in [9.17, 15) is 0 Å². The Balaban J connectivity index is 2.06. The molecule has 0 spiro atoms. The second-order valence-electron chi connectivity index (χ2n) is 4.61. The molecule has 0 amide bonds. The van der Waals surface area contributed by atoms with Crippen molar-refractivity contribution >= 4 is 12.2 Å². The van der Waals surface area contributed by atoms with Crippen molar-refractivity contribution in [2.45, 2.75) is 0 Å². The highest BCUT2D eigenvalue weighted by molar-refractivity contribution is 7.71. The SMILES string of the molecule is COc1ccc(-c2nc(=S)cc(-c3cnn(C)c3)[nH]2)cc1. The quantitative estimate of drug-likeness (QED) is 0.754. The number of benzene rings is 1. The van der Waals surface area contributed by atoms with Crippen LogP contribution in [0.25, 0.3) is 22.6 Å². The second kappa shape index (κ2) is 5.49. The van der Waals surface area contributed by atoms with Crippen molar-refractivity contribution in [3.63, 3.8) is 0 Å². The molecule has 3 aromatic rings. The van der Waals surface area contributed by atoms with Crippen molar-refractivity contribution in [3.05, 3.63) is 47.4 Å². The molecule has 1 N–H and O–H groups in total. The maximum Gasteiger partial charge on any atom is 0.139 e. The summed E-state index contributed by atoms with van der Waals surface area (Å²) < 4.78 is 7.45. The Morgan fingerprint density at radius 3 is 2.57 bits per heavy atom. The maximum absolute atomic E-state index is 5.26. The lowest BCUT2D eigenvalue weighted by Gasteiger charge is -2.06. The lowest BCUT2D eigenvalue weighted by molar-refractivity contribution is 0.415. The van der Waals surface area contributed by atoms with Crippen LogP contribution in [0.3, 0.4) is 0 Å². The zero-order valence-electron chi connectivity index (χ0n) is 11.7. The molecule has 1 aromatic carbocycles. The molecule has 0 fully saturated rings. The minimum Gasteiger partial charge on any atom is -0.497 e. The van der Waals surface area contributed by atoms with E-state index in [1.54, 1.807) is 18.0 Å². The number of ether oxygens (including phenoxy) is 1. The third-order valence-electron chi connectivity index (χ3n) is 3.12. The molecule has 0 bridgehead atoms. The van der Waals surface area contributed by atoms with Gasteiger partial charge in [0.05, 0.1) is 19.0 Å². The van der Waals surface area contributed by atoms with Crippen molar-refractivity contribution in [3.8, 4) is 28.4 Å². The van der Waals surface area contributed by atoms with Gasteiger partial charge in [-0.05, 0) is 30.3 Å². The summed E-state index contributed by atoms with van der Waals surface area (Å²) in [6.45, 7) is 0. The fourth-order valence-electron chi connectivity index (χ4n) is 2.06. The van der Waals surface area contributed by atoms with Gasteiger partial charge in [-0.15, -0.1) is 0 Å². The molecule has 0 atom stereocenters. The largest absolute Gasteiger partial charge is 0.497 e. The van der Waals surface area contributed by atoms with Crippen molar-refractivity contribution in [2.24, 2.45) is 7.05 Å². The Labute approximate surface area is 127 Å². The van der Waals surface area contributed by atoms with Gasteiger partial charge in [-0.1, -0.05) is 12.2 Å². The van der Waals surface area contributed by atoms with Crippen LogP contribution in [0.2, 0.25) is 0 Å². The minimum absolute atomic E-state index is 0.540. The third-order valence-corrected chi connectivity index (χ3v) is 3.33. The molecule has 6 heteroatoms. The number of aromatic nitrogens is 4. The molecule has 106 valence electrons. The van der Waals surface area contributed by atoms with Crippen molar-refractivity contribution in [1.82, 2.24) is 19.7 Å². The molecule has 21 heavy (non-hydrogen) atoms. The number of methoxy groups -OCH3 is 1. The molecule has 0 radical (unpaired) electrons. The van der Waals surface area contributed by atoms with Gasteiger partial charge < -0.3 is 9.72 Å². The van der Waals surface area contributed by atoms with E-state index in [1.807, 2.05) is 43.6 Å². The highest BCUT2D eigenvalue weighted by Crippen LogP contribution is 2.22. The van der Waals surface area contributed by atoms with Crippen LogP contribution in [-0.4, -0.2) is 26.9 Å². The first-order chi connectivity index (χ1) is 10.2. The van der Waals surface area contributed by atoms with Gasteiger partial charge in [-0.2, -0.15) is 5.10 Å². The highest BCUT2D eigenvalue weighted by Gasteiger charge is 2.06. The molecule has 2 aromatic heterocycles. The zero-order valence-corrected chi connectivity index (χ0v) is 12.5. The summed E-state index contributed by atoms with van der Waals surface area (Å²) in [4.78, 5) is 7.68. The Bertz CT molecular complexity index is 820. The standard InChI is InChI=1S/C15H14N4OS/c1-19-9-11(8-16-19)13-7-14(21)18-15(17-13)10-3-5-12(20-2)6-4-10/h3-9H,1-2H3,(H,17,18,21). The Morgan fingerprint density at radius 2 is 1.95 bits per heavy atom. The van der Waals surface area contributed by atoms with E-state index in [-0.39, 0.29) is 0 Å². The Morgan fingerprint density at radius 1 is 1.19 bits per heavy atom. The van der Waals surface area contributed by atoms with Crippen LogP contribution in [-0.2, 0) is 7.05 Å². The number of nitrogens with one attached hydrogen (secondary N) is 1. The summed E-state index contributed by atoms with van der Waals surface area (Å²) in [5.74, 6) is 1.53. The molecule has 0 saturated heterocycles. The van der Waals surface area contributed by atoms with Crippen LogP contribution in [0.1, 0.15) is 0 Å². The summed E-state index contributed by atoms with van der Waals surface area (Å²) in [6, 6.07) is 9.51. The maximum atomic E-state index is 5.26. The van der Waals surface area contributed by atoms with Gasteiger partial charge in [0.15, 0.2) is 0 Å². The van der Waals surface area contributed by atoms with Gasteiger partial charge in [0.2, 0.25) is 0 Å². The third kappa shape index (κ3) is 2.85. The van der Waals surface area contributed by atoms with Gasteiger partial charge in [0.25, 0.3) is 0 Å². The van der Waals surface area contributed by atoms with Gasteiger partial charge in [-0.25, -0.2) is 4.98 Å². The molecule has 0 aliphatic rings. The molecule has 3 rings (SSSR count). The van der Waals surface area contributed by atoms with Gasteiger partial charge in [0.1, 0.15) is 16.2 Å². The van der Waals surface area contributed by atoms with Crippen molar-refractivity contribution in [1.29, 1.82) is 0 Å². The number of aryl methyl sites for hydroxylation is 1. The van der Waals surface area contributed by atoms with E-state index in [2.05, 4.69) is 15.1 Å². The van der Waals surface area contributed by atoms with Crippen LogP contribution >= 0.6 is 12.2 Å². The van der Waals surface area contributed by atoms with Gasteiger partial charge >= 0.3 is 0 Å². The molecule has 0 saturated carbocycles. The van der Waals surface area contributed by atoms with Gasteiger partial charge in [-0.3, -0.25) is 4.68 Å². The number of hydrogen-bond donors (Lipinski definition) is 1. The van der Waals surface area contributed by atoms with Gasteiger partial charge in [0, 0.05) is 24.4 Å². The fraction of sp³-hybridized carbons (Fsp3) is 0.133. The molecule has 0 unspecified atom stereocenters. The van der Waals surface area contributed by atoms with Crippen LogP contribution in [0.4, 0.5) is 0 Å². The van der Waals surface area contributed by atoms with Crippen LogP contribution in [0.15, 0.2) is 42.7 Å². The van der Waals surface area contributed by atoms with E-state index in [1.165, 1.54) is 0 Å². The smallest absolute Gasteiger partial charge is 0.139 e. The fourth-order valence-corrected chi connectivity index (χ4v) is 2.27. The summed E-state index contributed by atoms with van der Waals surface area (Å²) in [5.41, 5.74) is 2.82. The van der Waals surface area contributed by atoms with E-state index in [0.717, 1.165) is 28.4 Å². The minimum atomic E-state index is 0.540. The topological polar surface area (TPSA) is 55.7 Å². The van der Waals surface area contributed by atoms with E-state index in [0.29, 0.717) is 4.64 Å². The average molecular weight is 298 g/mol. The lowest BCUT2D eigenvalue weighted by Crippen LogP contribution is -1.93. The molecule has 0 aliphatic carbocycles. The summed E-state index contributed by atoms with van der Waals surface area (Å²) in [6.07, 6.45) is 3.72. The zero-order chi connectivity index (χ0) is 14.8. The predicted octanol–water partition coefficient (Wildman–Crippen LogP) is 3.22. The van der Waals surface area contributed by atoms with Crippen molar-refractivity contribution < 1.29 is 4.74 Å². The molecular formula is C15H14N4OS. The predicted molar refractivity (Wildman–Crippen MR) is 83.6 cm³/mol. The van der Waals surface area contributed by atoms with E-state index >= 15 is 0 Å². The number of rotatable bonds is 3. The molecule has 2 heterocycles. The molecule has 5 nitrogen and oxygen atoms in total. The summed E-state index contributed by atoms with van der Waals surface area (Å²) in [5, 5.41) is 4.17. The first-order valence-electron chi connectivity index (χ1n) is 6.40. The Kier molecular flexibility index (Phi) is 3.53. The van der Waals surface area contributed by atoms with Crippen LogP contribution in [0, 0.1) is 4.64 Å². The number of H-pyrrole nitrogens is 1. The summed E-state index contributed by atoms with van der Waals surface area (Å²) in [7, 11) is 3.52. The molecular weight excluding hydrogens is 284 g/mol. The van der Waals surface area contributed by atoms with E-state index in [4.69, 9.17) is 17.0 Å². The van der Waals surface area contributed by atoms with Crippen LogP contribution in [0.5, 0.6) is 5.75 Å². The lowest BCUT2D eigenvalue weighted by atomic mass is 10.2. The van der Waals surface area contributed by atoms with E-state index < -0.39 is 0 Å². The number of hydrogen-bond acceptors (Lipinski definition) is 4. The normalized spacial score (nSPS) is 10.6. The Hall–Kier alpha value is -2.47. The molecule has 0 aliphatic heterocycles. The highest BCUT2D eigenvalue weighted by atomic mass is 32.1. The van der Waals surface area contributed by atoms with Crippen LogP contribution < -0.4 is 4.74 Å². The number of aromatic amines is 1. The first-order valence-corrected chi connectivity index (χ1v) is 6.81. The monoisotopic (exact) mass is 298 g/mol. The second-order valence-corrected chi connectivity index (χ2v) is 5.03. The average Bonchev–Trinajstić information content (AvgIpc) is 2.93. The van der Waals surface area contributed by atoms with Crippen molar-refractivity contribution in [2.75, 3.05) is 7.11 Å². The summed E-state index contributed by atoms with van der Waals surface area (Å²) >= 11 is 5.26. The first kappa shape index (κ1) is 13.5.